The van der Waals surface area contributed by atoms with Crippen LogP contribution in [0.4, 0.5) is 23.4 Å². The van der Waals surface area contributed by atoms with Crippen LogP contribution in [0.1, 0.15) is 18.7 Å². The standard InChI is InChI=1S/C12H13F4N5/c13-7-8-3-5-20(6-4-8)10-2-1-9-17-18-11(12(14,15)16)21(9)19-10/h1-2,8H,3-7H2. The summed E-state index contributed by atoms with van der Waals surface area (Å²) in [5.41, 5.74) is 0.0460. The Bertz CT molecular complexity index is 630. The molecule has 1 fully saturated rings. The lowest BCUT2D eigenvalue weighted by Gasteiger charge is -2.31. The summed E-state index contributed by atoms with van der Waals surface area (Å²) >= 11 is 0. The topological polar surface area (TPSA) is 46.3 Å². The van der Waals surface area contributed by atoms with Gasteiger partial charge in [0, 0.05) is 13.1 Å². The fourth-order valence-corrected chi connectivity index (χ4v) is 2.44. The van der Waals surface area contributed by atoms with Gasteiger partial charge in [-0.15, -0.1) is 15.3 Å². The van der Waals surface area contributed by atoms with Crippen LogP contribution >= 0.6 is 0 Å². The molecule has 0 radical (unpaired) electrons. The third-order valence-corrected chi connectivity index (χ3v) is 3.66. The summed E-state index contributed by atoms with van der Waals surface area (Å²) in [6.45, 7) is 0.803. The first-order valence-corrected chi connectivity index (χ1v) is 6.59. The molecule has 0 atom stereocenters. The van der Waals surface area contributed by atoms with Gasteiger partial charge in [-0.2, -0.15) is 17.7 Å². The molecule has 0 N–H and O–H groups in total. The van der Waals surface area contributed by atoms with Crippen molar-refractivity contribution in [2.24, 2.45) is 5.92 Å². The lowest BCUT2D eigenvalue weighted by atomic mass is 9.98. The molecule has 0 aliphatic carbocycles. The minimum atomic E-state index is -4.60. The van der Waals surface area contributed by atoms with Gasteiger partial charge < -0.3 is 4.90 Å². The number of anilines is 1. The van der Waals surface area contributed by atoms with Crippen LogP contribution < -0.4 is 4.90 Å². The molecule has 2 aromatic heterocycles. The molecule has 0 aromatic carbocycles. The number of piperidine rings is 1. The van der Waals surface area contributed by atoms with E-state index in [0.29, 0.717) is 36.3 Å². The van der Waals surface area contributed by atoms with Crippen molar-refractivity contribution in [2.75, 3.05) is 24.7 Å². The number of fused-ring (bicyclic) bond motifs is 1. The zero-order valence-corrected chi connectivity index (χ0v) is 11.0. The molecule has 9 heteroatoms. The highest BCUT2D eigenvalue weighted by atomic mass is 19.4. The van der Waals surface area contributed by atoms with Crippen LogP contribution in [0.2, 0.25) is 0 Å². The lowest BCUT2D eigenvalue weighted by molar-refractivity contribution is -0.146. The molecule has 114 valence electrons. The number of halogens is 4. The molecule has 0 unspecified atom stereocenters. The number of hydrogen-bond acceptors (Lipinski definition) is 4. The Hall–Kier alpha value is -1.93. The first kappa shape index (κ1) is 14.0. The molecule has 0 saturated carbocycles. The Morgan fingerprint density at radius 3 is 2.48 bits per heavy atom. The number of rotatable bonds is 2. The van der Waals surface area contributed by atoms with E-state index < -0.39 is 12.0 Å². The van der Waals surface area contributed by atoms with Crippen molar-refractivity contribution < 1.29 is 17.6 Å². The van der Waals surface area contributed by atoms with E-state index in [4.69, 9.17) is 0 Å². The highest BCUT2D eigenvalue weighted by Crippen LogP contribution is 2.28. The van der Waals surface area contributed by atoms with Gasteiger partial charge in [-0.3, -0.25) is 4.39 Å². The van der Waals surface area contributed by atoms with Crippen LogP contribution in [0.3, 0.4) is 0 Å². The van der Waals surface area contributed by atoms with Crippen LogP contribution in [0, 0.1) is 5.92 Å². The minimum Gasteiger partial charge on any atom is -0.355 e. The third kappa shape index (κ3) is 2.64. The van der Waals surface area contributed by atoms with Gasteiger partial charge in [0.05, 0.1) is 6.67 Å². The predicted octanol–water partition coefficient (Wildman–Crippen LogP) is 2.33. The second kappa shape index (κ2) is 5.12. The summed E-state index contributed by atoms with van der Waals surface area (Å²) in [4.78, 5) is 1.85. The van der Waals surface area contributed by atoms with E-state index in [0.717, 1.165) is 0 Å². The van der Waals surface area contributed by atoms with Crippen LogP contribution in [0.15, 0.2) is 12.1 Å². The Balaban J connectivity index is 1.90. The fourth-order valence-electron chi connectivity index (χ4n) is 2.44. The van der Waals surface area contributed by atoms with Crippen LogP contribution in [0.25, 0.3) is 5.65 Å². The predicted molar refractivity (Wildman–Crippen MR) is 66.7 cm³/mol. The Labute approximate surface area is 117 Å². The second-order valence-corrected chi connectivity index (χ2v) is 5.07. The van der Waals surface area contributed by atoms with Crippen LogP contribution in [-0.2, 0) is 6.18 Å². The molecule has 2 aromatic rings. The highest BCUT2D eigenvalue weighted by molar-refractivity contribution is 5.46. The third-order valence-electron chi connectivity index (χ3n) is 3.66. The lowest BCUT2D eigenvalue weighted by Crippen LogP contribution is -2.35. The van der Waals surface area contributed by atoms with Crippen molar-refractivity contribution in [3.8, 4) is 0 Å². The molecule has 1 saturated heterocycles. The first-order chi connectivity index (χ1) is 9.99. The number of alkyl halides is 4. The molecule has 0 bridgehead atoms. The fraction of sp³-hybridized carbons (Fsp3) is 0.583. The van der Waals surface area contributed by atoms with Crippen molar-refractivity contribution in [1.82, 2.24) is 19.8 Å². The summed E-state index contributed by atoms with van der Waals surface area (Å²) < 4.78 is 51.7. The quantitative estimate of drug-likeness (QED) is 0.799. The van der Waals surface area contributed by atoms with E-state index in [1.807, 2.05) is 4.90 Å². The molecule has 5 nitrogen and oxygen atoms in total. The van der Waals surface area contributed by atoms with Gasteiger partial charge in [0.25, 0.3) is 5.82 Å². The summed E-state index contributed by atoms with van der Waals surface area (Å²) in [7, 11) is 0. The Morgan fingerprint density at radius 1 is 1.14 bits per heavy atom. The van der Waals surface area contributed by atoms with E-state index in [9.17, 15) is 17.6 Å². The maximum atomic E-state index is 12.8. The van der Waals surface area contributed by atoms with E-state index in [2.05, 4.69) is 15.3 Å². The average molecular weight is 303 g/mol. The van der Waals surface area contributed by atoms with E-state index in [1.54, 1.807) is 6.07 Å². The first-order valence-electron chi connectivity index (χ1n) is 6.59. The maximum Gasteiger partial charge on any atom is 0.453 e. The Kier molecular flexibility index (Phi) is 3.42. The zero-order valence-electron chi connectivity index (χ0n) is 11.0. The van der Waals surface area contributed by atoms with Gasteiger partial charge in [0.2, 0.25) is 0 Å². The minimum absolute atomic E-state index is 0.0330. The number of aromatic nitrogens is 4. The van der Waals surface area contributed by atoms with Crippen molar-refractivity contribution in [3.63, 3.8) is 0 Å². The van der Waals surface area contributed by atoms with Crippen molar-refractivity contribution >= 4 is 11.5 Å². The summed E-state index contributed by atoms with van der Waals surface area (Å²) in [6.07, 6.45) is -3.26. The van der Waals surface area contributed by atoms with Gasteiger partial charge in [0.1, 0.15) is 5.82 Å². The molecule has 21 heavy (non-hydrogen) atoms. The van der Waals surface area contributed by atoms with Gasteiger partial charge in [0.15, 0.2) is 5.65 Å². The van der Waals surface area contributed by atoms with Crippen molar-refractivity contribution in [3.05, 3.63) is 18.0 Å². The normalized spacial score (nSPS) is 17.6. The van der Waals surface area contributed by atoms with E-state index >= 15 is 0 Å². The summed E-state index contributed by atoms with van der Waals surface area (Å²) in [5, 5.41) is 10.6. The van der Waals surface area contributed by atoms with Crippen molar-refractivity contribution in [1.29, 1.82) is 0 Å². The molecule has 1 aliphatic heterocycles. The van der Waals surface area contributed by atoms with Crippen LogP contribution in [-0.4, -0.2) is 39.6 Å². The summed E-state index contributed by atoms with van der Waals surface area (Å²) in [6, 6.07) is 3.06. The SMILES string of the molecule is FCC1CCN(c2ccc3nnc(C(F)(F)F)n3n2)CC1. The smallest absolute Gasteiger partial charge is 0.355 e. The molecule has 0 amide bonds. The molecule has 1 aliphatic rings. The molecular formula is C12H13F4N5. The summed E-state index contributed by atoms with van der Waals surface area (Å²) in [5.74, 6) is -0.686. The largest absolute Gasteiger partial charge is 0.453 e. The average Bonchev–Trinajstić information content (AvgIpc) is 2.90. The maximum absolute atomic E-state index is 12.8. The number of hydrogen-bond donors (Lipinski definition) is 0. The van der Waals surface area contributed by atoms with E-state index in [1.165, 1.54) is 6.07 Å². The molecule has 3 rings (SSSR count). The van der Waals surface area contributed by atoms with E-state index in [-0.39, 0.29) is 18.2 Å². The van der Waals surface area contributed by atoms with Crippen LogP contribution in [0.5, 0.6) is 0 Å². The second-order valence-electron chi connectivity index (χ2n) is 5.07. The Morgan fingerprint density at radius 2 is 1.86 bits per heavy atom. The molecule has 0 spiro atoms. The number of nitrogens with zero attached hydrogens (tertiary/aromatic N) is 5. The molecule has 3 heterocycles. The van der Waals surface area contributed by atoms with Gasteiger partial charge in [-0.1, -0.05) is 0 Å². The van der Waals surface area contributed by atoms with Gasteiger partial charge in [-0.25, -0.2) is 0 Å². The van der Waals surface area contributed by atoms with Gasteiger partial charge >= 0.3 is 6.18 Å². The highest BCUT2D eigenvalue weighted by Gasteiger charge is 2.37. The van der Waals surface area contributed by atoms with Gasteiger partial charge in [-0.05, 0) is 30.9 Å². The zero-order chi connectivity index (χ0) is 15.0. The van der Waals surface area contributed by atoms with Crippen molar-refractivity contribution in [2.45, 2.75) is 19.0 Å². The monoisotopic (exact) mass is 303 g/mol. The molecular weight excluding hydrogens is 290 g/mol.